The Morgan fingerprint density at radius 1 is 1.23 bits per heavy atom. The Hall–Kier alpha value is -2.74. The van der Waals surface area contributed by atoms with E-state index in [4.69, 9.17) is 0 Å². The molecule has 1 aliphatic rings. The van der Waals surface area contributed by atoms with Gasteiger partial charge in [0.05, 0.1) is 4.92 Å². The number of nitro benzene ring substituents is 1. The number of nitro groups is 1. The smallest absolute Gasteiger partial charge is 0.292 e. The fraction of sp³-hybridized carbons (Fsp3) is 0.389. The van der Waals surface area contributed by atoms with Crippen molar-refractivity contribution in [2.24, 2.45) is 0 Å². The van der Waals surface area contributed by atoms with Gasteiger partial charge in [-0.1, -0.05) is 13.0 Å². The van der Waals surface area contributed by atoms with E-state index in [9.17, 15) is 14.5 Å². The lowest BCUT2D eigenvalue weighted by Gasteiger charge is -2.34. The molecule has 0 aliphatic carbocycles. The molecule has 0 atom stereocenters. The van der Waals surface area contributed by atoms with Crippen LogP contribution in [0.4, 0.5) is 21.6 Å². The Labute approximate surface area is 151 Å². The molecule has 1 aromatic carbocycles. The molecule has 0 amide bonds. The molecule has 1 saturated heterocycles. The number of hydrogen-bond donors (Lipinski definition) is 1. The molecule has 1 fully saturated rings. The summed E-state index contributed by atoms with van der Waals surface area (Å²) in [5, 5.41) is 14.0. The molecule has 0 saturated carbocycles. The molecule has 0 radical (unpaired) electrons. The quantitative estimate of drug-likeness (QED) is 0.631. The standard InChI is InChI=1S/C18H22FN5O2/c1-2-22-7-9-23(10-8-22)18-6-3-14(13-21-18)12-20-16-11-15(19)4-5-17(16)24(25)26/h3-6,11,13,20H,2,7-10,12H2,1H3. The lowest BCUT2D eigenvalue weighted by molar-refractivity contribution is -0.384. The van der Waals surface area contributed by atoms with E-state index in [-0.39, 0.29) is 11.4 Å². The lowest BCUT2D eigenvalue weighted by atomic mass is 10.2. The largest absolute Gasteiger partial charge is 0.375 e. The molecule has 1 aliphatic heterocycles. The van der Waals surface area contributed by atoms with Crippen molar-refractivity contribution in [3.63, 3.8) is 0 Å². The van der Waals surface area contributed by atoms with Crippen LogP contribution in [0.15, 0.2) is 36.5 Å². The summed E-state index contributed by atoms with van der Waals surface area (Å²) in [6, 6.07) is 7.27. The second-order valence-corrected chi connectivity index (χ2v) is 6.22. The Kier molecular flexibility index (Phi) is 5.62. The van der Waals surface area contributed by atoms with Crippen molar-refractivity contribution in [2.45, 2.75) is 13.5 Å². The second kappa shape index (κ2) is 8.09. The van der Waals surface area contributed by atoms with E-state index in [1.165, 1.54) is 0 Å². The van der Waals surface area contributed by atoms with Crippen LogP contribution in [-0.4, -0.2) is 47.5 Å². The maximum Gasteiger partial charge on any atom is 0.292 e. The van der Waals surface area contributed by atoms with Crippen LogP contribution in [0.1, 0.15) is 12.5 Å². The van der Waals surface area contributed by atoms with Crippen LogP contribution in [0.25, 0.3) is 0 Å². The van der Waals surface area contributed by atoms with Gasteiger partial charge in [0.25, 0.3) is 5.69 Å². The van der Waals surface area contributed by atoms with E-state index in [0.29, 0.717) is 6.54 Å². The van der Waals surface area contributed by atoms with Gasteiger partial charge in [0.15, 0.2) is 0 Å². The highest BCUT2D eigenvalue weighted by atomic mass is 19.1. The highest BCUT2D eigenvalue weighted by molar-refractivity contribution is 5.61. The topological polar surface area (TPSA) is 74.5 Å². The molecule has 0 spiro atoms. The van der Waals surface area contributed by atoms with Gasteiger partial charge < -0.3 is 15.1 Å². The first kappa shape index (κ1) is 18.1. The minimum absolute atomic E-state index is 0.148. The molecule has 2 aromatic rings. The Morgan fingerprint density at radius 2 is 2.00 bits per heavy atom. The number of halogens is 1. The van der Waals surface area contributed by atoms with Gasteiger partial charge in [-0.15, -0.1) is 0 Å². The van der Waals surface area contributed by atoms with Gasteiger partial charge in [0, 0.05) is 51.1 Å². The Bertz CT molecular complexity index is 761. The van der Waals surface area contributed by atoms with Crippen LogP contribution in [0.2, 0.25) is 0 Å². The van der Waals surface area contributed by atoms with Gasteiger partial charge in [0.1, 0.15) is 17.3 Å². The minimum Gasteiger partial charge on any atom is -0.375 e. The van der Waals surface area contributed by atoms with E-state index < -0.39 is 10.7 Å². The third-order valence-electron chi connectivity index (χ3n) is 4.59. The van der Waals surface area contributed by atoms with Crippen molar-refractivity contribution in [2.75, 3.05) is 42.9 Å². The summed E-state index contributed by atoms with van der Waals surface area (Å²) in [4.78, 5) is 19.7. The number of nitrogens with zero attached hydrogens (tertiary/aromatic N) is 4. The van der Waals surface area contributed by atoms with Crippen LogP contribution < -0.4 is 10.2 Å². The summed E-state index contributed by atoms with van der Waals surface area (Å²) < 4.78 is 13.4. The first-order valence-corrected chi connectivity index (χ1v) is 8.67. The second-order valence-electron chi connectivity index (χ2n) is 6.22. The molecule has 3 rings (SSSR count). The Morgan fingerprint density at radius 3 is 2.62 bits per heavy atom. The molecule has 26 heavy (non-hydrogen) atoms. The van der Waals surface area contributed by atoms with Gasteiger partial charge in [-0.05, 0) is 24.2 Å². The molecule has 138 valence electrons. The van der Waals surface area contributed by atoms with E-state index in [1.807, 2.05) is 12.1 Å². The highest BCUT2D eigenvalue weighted by Crippen LogP contribution is 2.25. The van der Waals surface area contributed by atoms with Crippen molar-refractivity contribution >= 4 is 17.2 Å². The normalized spacial score (nSPS) is 15.1. The molecule has 1 aromatic heterocycles. The average molecular weight is 359 g/mol. The zero-order valence-corrected chi connectivity index (χ0v) is 14.7. The number of aromatic nitrogens is 1. The number of rotatable bonds is 6. The zero-order valence-electron chi connectivity index (χ0n) is 14.7. The molecular formula is C18H22FN5O2. The number of piperazine rings is 1. The van der Waals surface area contributed by atoms with Crippen molar-refractivity contribution < 1.29 is 9.31 Å². The average Bonchev–Trinajstić information content (AvgIpc) is 2.66. The summed E-state index contributed by atoms with van der Waals surface area (Å²) in [5.41, 5.74) is 0.888. The number of nitrogens with one attached hydrogen (secondary N) is 1. The van der Waals surface area contributed by atoms with E-state index in [0.717, 1.165) is 62.3 Å². The number of hydrogen-bond acceptors (Lipinski definition) is 6. The molecule has 7 nitrogen and oxygen atoms in total. The monoisotopic (exact) mass is 359 g/mol. The van der Waals surface area contributed by atoms with Crippen LogP contribution in [0.3, 0.4) is 0 Å². The molecule has 8 heteroatoms. The molecule has 0 bridgehead atoms. The summed E-state index contributed by atoms with van der Waals surface area (Å²) in [6.45, 7) is 7.54. The number of anilines is 2. The van der Waals surface area contributed by atoms with Gasteiger partial charge >= 0.3 is 0 Å². The summed E-state index contributed by atoms with van der Waals surface area (Å²) in [6.07, 6.45) is 1.75. The maximum absolute atomic E-state index is 13.4. The summed E-state index contributed by atoms with van der Waals surface area (Å²) in [7, 11) is 0. The first-order valence-electron chi connectivity index (χ1n) is 8.67. The van der Waals surface area contributed by atoms with Crippen molar-refractivity contribution in [3.05, 3.63) is 58.0 Å². The predicted molar refractivity (Wildman–Crippen MR) is 98.9 cm³/mol. The summed E-state index contributed by atoms with van der Waals surface area (Å²) in [5.74, 6) is 0.416. The van der Waals surface area contributed by atoms with Crippen LogP contribution in [0, 0.1) is 15.9 Å². The highest BCUT2D eigenvalue weighted by Gasteiger charge is 2.17. The van der Waals surface area contributed by atoms with E-state index in [1.54, 1.807) is 6.20 Å². The van der Waals surface area contributed by atoms with Crippen molar-refractivity contribution in [3.8, 4) is 0 Å². The molecule has 1 N–H and O–H groups in total. The molecule has 2 heterocycles. The van der Waals surface area contributed by atoms with Crippen LogP contribution in [-0.2, 0) is 6.54 Å². The number of likely N-dealkylation sites (N-methyl/N-ethyl adjacent to an activating group) is 1. The van der Waals surface area contributed by atoms with Crippen molar-refractivity contribution in [1.82, 2.24) is 9.88 Å². The summed E-state index contributed by atoms with van der Waals surface area (Å²) >= 11 is 0. The van der Waals surface area contributed by atoms with E-state index >= 15 is 0 Å². The van der Waals surface area contributed by atoms with Gasteiger partial charge in [-0.3, -0.25) is 10.1 Å². The third-order valence-corrected chi connectivity index (χ3v) is 4.59. The van der Waals surface area contributed by atoms with Crippen LogP contribution >= 0.6 is 0 Å². The lowest BCUT2D eigenvalue weighted by Crippen LogP contribution is -2.46. The fourth-order valence-electron chi connectivity index (χ4n) is 3.01. The number of pyridine rings is 1. The maximum atomic E-state index is 13.4. The van der Waals surface area contributed by atoms with Crippen molar-refractivity contribution in [1.29, 1.82) is 0 Å². The Balaban J connectivity index is 1.62. The minimum atomic E-state index is -0.529. The molecular weight excluding hydrogens is 337 g/mol. The van der Waals surface area contributed by atoms with Gasteiger partial charge in [-0.25, -0.2) is 9.37 Å². The van der Waals surface area contributed by atoms with Crippen LogP contribution in [0.5, 0.6) is 0 Å². The van der Waals surface area contributed by atoms with Gasteiger partial charge in [-0.2, -0.15) is 0 Å². The first-order chi connectivity index (χ1) is 12.6. The SMILES string of the molecule is CCN1CCN(c2ccc(CNc3cc(F)ccc3[N+](=O)[O-])cn2)CC1. The molecule has 0 unspecified atom stereocenters. The van der Waals surface area contributed by atoms with E-state index in [2.05, 4.69) is 27.0 Å². The third kappa shape index (κ3) is 4.26. The zero-order chi connectivity index (χ0) is 18.5. The number of benzene rings is 1. The fourth-order valence-corrected chi connectivity index (χ4v) is 3.01. The predicted octanol–water partition coefficient (Wildman–Crippen LogP) is 2.88. The van der Waals surface area contributed by atoms with Gasteiger partial charge in [0.2, 0.25) is 0 Å².